The molecule has 1 N–H and O–H groups in total. The van der Waals surface area contributed by atoms with Gasteiger partial charge in [-0.05, 0) is 24.5 Å². The quantitative estimate of drug-likeness (QED) is 0.794. The molecule has 0 radical (unpaired) electrons. The van der Waals surface area contributed by atoms with Crippen molar-refractivity contribution in [2.24, 2.45) is 5.92 Å². The lowest BCUT2D eigenvalue weighted by Crippen LogP contribution is -2.05. The van der Waals surface area contributed by atoms with Crippen LogP contribution >= 0.6 is 0 Å². The largest absolute Gasteiger partial charge is 0.481 e. The predicted molar refractivity (Wildman–Crippen MR) is 54.1 cm³/mol. The van der Waals surface area contributed by atoms with Gasteiger partial charge in [0.25, 0.3) is 0 Å². The Morgan fingerprint density at radius 1 is 1.43 bits per heavy atom. The summed E-state index contributed by atoms with van der Waals surface area (Å²) in [6, 6.07) is 5.55. The molecule has 0 spiro atoms. The van der Waals surface area contributed by atoms with Gasteiger partial charge >= 0.3 is 5.97 Å². The Labute approximate surface area is 83.8 Å². The molecule has 0 atom stereocenters. The fourth-order valence-electron chi connectivity index (χ4n) is 1.31. The maximum absolute atomic E-state index is 10.5. The van der Waals surface area contributed by atoms with Crippen LogP contribution in [0.15, 0.2) is 18.2 Å². The lowest BCUT2D eigenvalue weighted by atomic mass is 10.1. The van der Waals surface area contributed by atoms with Crippen molar-refractivity contribution >= 4 is 5.97 Å². The highest BCUT2D eigenvalue weighted by atomic mass is 16.4. The third kappa shape index (κ3) is 3.56. The fourth-order valence-corrected chi connectivity index (χ4v) is 1.31. The average molecular weight is 193 g/mol. The Balaban J connectivity index is 2.73. The predicted octanol–water partition coefficient (Wildman–Crippen LogP) is 1.91. The molecular formula is C11H15NO2. The first-order valence-corrected chi connectivity index (χ1v) is 4.74. The summed E-state index contributed by atoms with van der Waals surface area (Å²) in [6.45, 7) is 4.23. The molecule has 3 heteroatoms. The van der Waals surface area contributed by atoms with Gasteiger partial charge in [-0.1, -0.05) is 19.9 Å². The molecule has 0 bridgehead atoms. The summed E-state index contributed by atoms with van der Waals surface area (Å²) in [4.78, 5) is 14.7. The van der Waals surface area contributed by atoms with E-state index in [0.717, 1.165) is 12.1 Å². The van der Waals surface area contributed by atoms with Crippen molar-refractivity contribution in [1.82, 2.24) is 4.98 Å². The first-order valence-electron chi connectivity index (χ1n) is 4.74. The number of carboxylic acid groups (broad SMARTS) is 1. The molecule has 0 aliphatic heterocycles. The smallest absolute Gasteiger partial charge is 0.309 e. The number of hydrogen-bond acceptors (Lipinski definition) is 2. The Bertz CT molecular complexity index is 321. The van der Waals surface area contributed by atoms with Crippen LogP contribution in [0.5, 0.6) is 0 Å². The van der Waals surface area contributed by atoms with E-state index in [1.54, 1.807) is 6.07 Å². The topological polar surface area (TPSA) is 50.2 Å². The molecule has 1 heterocycles. The second kappa shape index (κ2) is 4.74. The second-order valence-corrected chi connectivity index (χ2v) is 3.79. The molecule has 14 heavy (non-hydrogen) atoms. The Morgan fingerprint density at radius 3 is 2.64 bits per heavy atom. The summed E-state index contributed by atoms with van der Waals surface area (Å²) in [5.74, 6) is -0.290. The molecule has 0 fully saturated rings. The molecule has 0 aliphatic carbocycles. The van der Waals surface area contributed by atoms with Gasteiger partial charge in [0, 0.05) is 5.69 Å². The number of carboxylic acids is 1. The summed E-state index contributed by atoms with van der Waals surface area (Å²) in [6.07, 6.45) is 0.902. The molecule has 0 aromatic carbocycles. The van der Waals surface area contributed by atoms with Crippen molar-refractivity contribution in [1.29, 1.82) is 0 Å². The van der Waals surface area contributed by atoms with E-state index < -0.39 is 5.97 Å². The normalized spacial score (nSPS) is 10.5. The number of carbonyl (C=O) groups is 1. The van der Waals surface area contributed by atoms with Gasteiger partial charge in [0.05, 0.1) is 12.1 Å². The minimum absolute atomic E-state index is 0.00589. The van der Waals surface area contributed by atoms with Gasteiger partial charge in [-0.15, -0.1) is 0 Å². The number of aliphatic carboxylic acids is 1. The van der Waals surface area contributed by atoms with Crippen molar-refractivity contribution < 1.29 is 9.90 Å². The maximum Gasteiger partial charge on any atom is 0.309 e. The number of pyridine rings is 1. The monoisotopic (exact) mass is 193 g/mol. The standard InChI is InChI=1S/C11H15NO2/c1-8(2)6-9-4-3-5-10(12-9)7-11(13)14/h3-5,8H,6-7H2,1-2H3,(H,13,14). The van der Waals surface area contributed by atoms with Crippen LogP contribution in [-0.2, 0) is 17.6 Å². The van der Waals surface area contributed by atoms with Gasteiger partial charge in [-0.25, -0.2) is 0 Å². The molecule has 76 valence electrons. The van der Waals surface area contributed by atoms with Crippen LogP contribution in [0.25, 0.3) is 0 Å². The van der Waals surface area contributed by atoms with Crippen molar-refractivity contribution in [3.63, 3.8) is 0 Å². The highest BCUT2D eigenvalue weighted by Gasteiger charge is 2.04. The lowest BCUT2D eigenvalue weighted by Gasteiger charge is -2.05. The van der Waals surface area contributed by atoms with Gasteiger partial charge in [0.2, 0.25) is 0 Å². The highest BCUT2D eigenvalue weighted by Crippen LogP contribution is 2.06. The number of hydrogen-bond donors (Lipinski definition) is 1. The molecule has 1 aromatic heterocycles. The van der Waals surface area contributed by atoms with Crippen LogP contribution < -0.4 is 0 Å². The Hall–Kier alpha value is -1.38. The van der Waals surface area contributed by atoms with E-state index >= 15 is 0 Å². The van der Waals surface area contributed by atoms with E-state index in [-0.39, 0.29) is 6.42 Å². The van der Waals surface area contributed by atoms with E-state index in [4.69, 9.17) is 5.11 Å². The summed E-state index contributed by atoms with van der Waals surface area (Å²) in [7, 11) is 0. The Morgan fingerprint density at radius 2 is 2.07 bits per heavy atom. The number of aromatic nitrogens is 1. The minimum atomic E-state index is -0.834. The molecular weight excluding hydrogens is 178 g/mol. The summed E-state index contributed by atoms with van der Waals surface area (Å²) >= 11 is 0. The average Bonchev–Trinajstić information content (AvgIpc) is 2.01. The zero-order valence-electron chi connectivity index (χ0n) is 8.53. The van der Waals surface area contributed by atoms with E-state index in [9.17, 15) is 4.79 Å². The molecule has 0 saturated carbocycles. The summed E-state index contributed by atoms with van der Waals surface area (Å²) < 4.78 is 0. The third-order valence-corrected chi connectivity index (χ3v) is 1.81. The fraction of sp³-hybridized carbons (Fsp3) is 0.455. The molecule has 0 amide bonds. The van der Waals surface area contributed by atoms with E-state index in [2.05, 4.69) is 18.8 Å². The van der Waals surface area contributed by atoms with Crippen LogP contribution in [0.1, 0.15) is 25.2 Å². The molecule has 1 aromatic rings. The van der Waals surface area contributed by atoms with E-state index in [1.165, 1.54) is 0 Å². The summed E-state index contributed by atoms with van der Waals surface area (Å²) in [5, 5.41) is 8.60. The van der Waals surface area contributed by atoms with Crippen LogP contribution in [-0.4, -0.2) is 16.1 Å². The van der Waals surface area contributed by atoms with E-state index in [0.29, 0.717) is 11.6 Å². The van der Waals surface area contributed by atoms with Gasteiger partial charge < -0.3 is 5.11 Å². The lowest BCUT2D eigenvalue weighted by molar-refractivity contribution is -0.136. The number of nitrogens with zero attached hydrogens (tertiary/aromatic N) is 1. The molecule has 0 unspecified atom stereocenters. The van der Waals surface area contributed by atoms with Crippen molar-refractivity contribution in [2.75, 3.05) is 0 Å². The summed E-state index contributed by atoms with van der Waals surface area (Å²) in [5.41, 5.74) is 1.61. The molecule has 0 saturated heterocycles. The van der Waals surface area contributed by atoms with Crippen LogP contribution in [0, 0.1) is 5.92 Å². The number of rotatable bonds is 4. The zero-order chi connectivity index (χ0) is 10.6. The SMILES string of the molecule is CC(C)Cc1cccc(CC(=O)O)n1. The maximum atomic E-state index is 10.5. The van der Waals surface area contributed by atoms with Crippen molar-refractivity contribution in [2.45, 2.75) is 26.7 Å². The van der Waals surface area contributed by atoms with Crippen molar-refractivity contribution in [3.05, 3.63) is 29.6 Å². The molecule has 1 rings (SSSR count). The Kier molecular flexibility index (Phi) is 3.63. The van der Waals surface area contributed by atoms with Gasteiger partial charge in [-0.2, -0.15) is 0 Å². The van der Waals surface area contributed by atoms with Crippen molar-refractivity contribution in [3.8, 4) is 0 Å². The highest BCUT2D eigenvalue weighted by molar-refractivity contribution is 5.69. The molecule has 0 aliphatic rings. The first-order chi connectivity index (χ1) is 6.58. The second-order valence-electron chi connectivity index (χ2n) is 3.79. The third-order valence-electron chi connectivity index (χ3n) is 1.81. The first kappa shape index (κ1) is 10.7. The van der Waals surface area contributed by atoms with Gasteiger partial charge in [-0.3, -0.25) is 9.78 Å². The minimum Gasteiger partial charge on any atom is -0.481 e. The van der Waals surface area contributed by atoms with Gasteiger partial charge in [0.1, 0.15) is 0 Å². The molecule has 3 nitrogen and oxygen atoms in total. The van der Waals surface area contributed by atoms with Gasteiger partial charge in [0.15, 0.2) is 0 Å². The van der Waals surface area contributed by atoms with E-state index in [1.807, 2.05) is 12.1 Å². The zero-order valence-corrected chi connectivity index (χ0v) is 8.53. The van der Waals surface area contributed by atoms with Crippen LogP contribution in [0.3, 0.4) is 0 Å². The van der Waals surface area contributed by atoms with Crippen LogP contribution in [0.2, 0.25) is 0 Å². The van der Waals surface area contributed by atoms with Crippen LogP contribution in [0.4, 0.5) is 0 Å².